The van der Waals surface area contributed by atoms with Gasteiger partial charge < -0.3 is 20.3 Å². The predicted molar refractivity (Wildman–Crippen MR) is 159 cm³/mol. The number of aliphatic imine (C=N–C) groups is 1. The molecule has 0 fully saturated rings. The van der Waals surface area contributed by atoms with Crippen LogP contribution in [0.15, 0.2) is 101 Å². The molecular weight excluding hydrogens is 590 g/mol. The van der Waals surface area contributed by atoms with Gasteiger partial charge in [0.2, 0.25) is 0 Å². The lowest BCUT2D eigenvalue weighted by atomic mass is 9.98. The summed E-state index contributed by atoms with van der Waals surface area (Å²) in [6.45, 7) is 0.478. The van der Waals surface area contributed by atoms with Crippen LogP contribution in [0.25, 0.3) is 27.8 Å². The summed E-state index contributed by atoms with van der Waals surface area (Å²) in [5.74, 6) is -1.69. The molecule has 0 unspecified atom stereocenters. The van der Waals surface area contributed by atoms with Crippen molar-refractivity contribution in [2.75, 3.05) is 24.7 Å². The average molecular weight is 616 g/mol. The van der Waals surface area contributed by atoms with Crippen molar-refractivity contribution in [1.29, 1.82) is 0 Å². The van der Waals surface area contributed by atoms with E-state index in [-0.39, 0.29) is 22.8 Å². The molecule has 6 rings (SSSR count). The highest BCUT2D eigenvalue weighted by Crippen LogP contribution is 2.32. The fourth-order valence-corrected chi connectivity index (χ4v) is 4.88. The fraction of sp³-hybridized carbons (Fsp3) is 0.125. The summed E-state index contributed by atoms with van der Waals surface area (Å²) in [7, 11) is 3.90. The number of rotatable bonds is 7. The van der Waals surface area contributed by atoms with Crippen molar-refractivity contribution in [2.45, 2.75) is 12.7 Å². The summed E-state index contributed by atoms with van der Waals surface area (Å²) in [6, 6.07) is 20.1. The SMILES string of the molecule is CN(C)c1cc[n+](Cc2ccccc2-c2ccc(N=C([O-])c3cc(C(F)(F)F)nn3-c3ccc4onc(N)c4c3)cc2F)cc1. The van der Waals surface area contributed by atoms with Crippen molar-refractivity contribution in [3.8, 4) is 16.8 Å². The van der Waals surface area contributed by atoms with Gasteiger partial charge in [0, 0.05) is 55.0 Å². The summed E-state index contributed by atoms with van der Waals surface area (Å²) >= 11 is 0. The molecule has 0 radical (unpaired) electrons. The first kappa shape index (κ1) is 29.4. The van der Waals surface area contributed by atoms with Crippen LogP contribution in [-0.4, -0.2) is 34.9 Å². The van der Waals surface area contributed by atoms with Crippen LogP contribution in [0.1, 0.15) is 17.0 Å². The third-order valence-corrected chi connectivity index (χ3v) is 7.18. The molecule has 6 aromatic rings. The van der Waals surface area contributed by atoms with E-state index >= 15 is 4.39 Å². The van der Waals surface area contributed by atoms with E-state index in [0.717, 1.165) is 22.0 Å². The maximum atomic E-state index is 15.5. The molecule has 3 aromatic heterocycles. The van der Waals surface area contributed by atoms with Gasteiger partial charge in [-0.05, 0) is 42.0 Å². The van der Waals surface area contributed by atoms with Gasteiger partial charge in [0.25, 0.3) is 0 Å². The van der Waals surface area contributed by atoms with Crippen LogP contribution in [0.5, 0.6) is 0 Å². The molecule has 0 aliphatic rings. The summed E-state index contributed by atoms with van der Waals surface area (Å²) in [5.41, 5.74) is 7.16. The van der Waals surface area contributed by atoms with Gasteiger partial charge in [0.15, 0.2) is 36.0 Å². The van der Waals surface area contributed by atoms with Crippen LogP contribution in [-0.2, 0) is 12.7 Å². The van der Waals surface area contributed by atoms with Gasteiger partial charge >= 0.3 is 6.18 Å². The molecule has 0 saturated carbocycles. The number of alkyl halides is 3. The van der Waals surface area contributed by atoms with E-state index in [4.69, 9.17) is 10.3 Å². The Morgan fingerprint density at radius 1 is 1.00 bits per heavy atom. The normalized spacial score (nSPS) is 12.2. The van der Waals surface area contributed by atoms with E-state index in [0.29, 0.717) is 29.1 Å². The number of benzene rings is 3. The van der Waals surface area contributed by atoms with E-state index < -0.39 is 29.3 Å². The second-order valence-electron chi connectivity index (χ2n) is 10.4. The quantitative estimate of drug-likeness (QED) is 0.114. The van der Waals surface area contributed by atoms with Crippen molar-refractivity contribution in [3.05, 3.63) is 114 Å². The van der Waals surface area contributed by atoms with E-state index in [1.165, 1.54) is 30.3 Å². The monoisotopic (exact) mass is 615 g/mol. The van der Waals surface area contributed by atoms with Crippen molar-refractivity contribution < 1.29 is 31.8 Å². The number of aromatic nitrogens is 4. The van der Waals surface area contributed by atoms with E-state index in [2.05, 4.69) is 15.2 Å². The molecule has 3 heterocycles. The minimum absolute atomic E-state index is 0.0191. The smallest absolute Gasteiger partial charge is 0.435 e. The molecule has 0 aliphatic carbocycles. The van der Waals surface area contributed by atoms with Gasteiger partial charge in [-0.25, -0.2) is 13.6 Å². The topological polar surface area (TPSA) is 112 Å². The minimum Gasteiger partial charge on any atom is -0.857 e. The molecule has 0 aliphatic heterocycles. The van der Waals surface area contributed by atoms with Crippen LogP contribution >= 0.6 is 0 Å². The number of anilines is 2. The number of nitrogens with zero attached hydrogens (tertiary/aromatic N) is 6. The maximum absolute atomic E-state index is 15.5. The lowest BCUT2D eigenvalue weighted by Gasteiger charge is -2.14. The second kappa shape index (κ2) is 11.4. The zero-order valence-electron chi connectivity index (χ0n) is 24.0. The summed E-state index contributed by atoms with van der Waals surface area (Å²) < 4.78 is 64.2. The van der Waals surface area contributed by atoms with E-state index in [1.807, 2.05) is 60.2 Å². The predicted octanol–water partition coefficient (Wildman–Crippen LogP) is 5.26. The number of halogens is 4. The molecule has 13 heteroatoms. The van der Waals surface area contributed by atoms with E-state index in [1.54, 1.807) is 12.1 Å². The highest BCUT2D eigenvalue weighted by Gasteiger charge is 2.35. The molecule has 228 valence electrons. The van der Waals surface area contributed by atoms with Gasteiger partial charge in [0.05, 0.1) is 22.5 Å². The Morgan fingerprint density at radius 2 is 1.76 bits per heavy atom. The highest BCUT2D eigenvalue weighted by atomic mass is 19.4. The first-order valence-corrected chi connectivity index (χ1v) is 13.6. The second-order valence-corrected chi connectivity index (χ2v) is 10.4. The zero-order chi connectivity index (χ0) is 31.9. The Labute approximate surface area is 254 Å². The number of nitrogen functional groups attached to an aromatic ring is 1. The third kappa shape index (κ3) is 5.92. The molecule has 0 amide bonds. The fourth-order valence-electron chi connectivity index (χ4n) is 4.88. The largest absolute Gasteiger partial charge is 0.857 e. The summed E-state index contributed by atoms with van der Waals surface area (Å²) in [5, 5.41) is 20.8. The minimum atomic E-state index is -4.84. The molecule has 3 aromatic carbocycles. The van der Waals surface area contributed by atoms with Crippen LogP contribution in [0.2, 0.25) is 0 Å². The number of nitrogens with two attached hydrogens (primary N) is 1. The Hall–Kier alpha value is -5.72. The van der Waals surface area contributed by atoms with Crippen LogP contribution in [0.4, 0.5) is 34.8 Å². The van der Waals surface area contributed by atoms with Gasteiger partial charge in [-0.2, -0.15) is 18.3 Å². The highest BCUT2D eigenvalue weighted by molar-refractivity contribution is 5.93. The van der Waals surface area contributed by atoms with Crippen molar-refractivity contribution >= 4 is 34.1 Å². The first-order chi connectivity index (χ1) is 21.5. The molecule has 0 spiro atoms. The van der Waals surface area contributed by atoms with Crippen molar-refractivity contribution in [1.82, 2.24) is 14.9 Å². The Morgan fingerprint density at radius 3 is 2.47 bits per heavy atom. The molecule has 9 nitrogen and oxygen atoms in total. The number of pyridine rings is 1. The Bertz CT molecular complexity index is 2050. The summed E-state index contributed by atoms with van der Waals surface area (Å²) in [6.07, 6.45) is -0.970. The molecule has 45 heavy (non-hydrogen) atoms. The molecule has 0 bridgehead atoms. The Balaban J connectivity index is 1.33. The molecule has 2 N–H and O–H groups in total. The van der Waals surface area contributed by atoms with Crippen LogP contribution in [0, 0.1) is 5.82 Å². The standard InChI is InChI=1S/C32H25F4N7O2/c1-41(2)21-11-13-42(14-12-21)18-19-5-3-4-6-23(19)24-9-7-20(15-26(24)33)38-31(44)27-17-29(32(34,35)36)39-43(27)22-8-10-28-25(16-22)30(37)40-45-28/h3-17H,18H2,1-2H3,(H2-,37,38,40,44). The average Bonchev–Trinajstić information content (AvgIpc) is 3.62. The summed E-state index contributed by atoms with van der Waals surface area (Å²) in [4.78, 5) is 5.91. The van der Waals surface area contributed by atoms with Crippen molar-refractivity contribution in [2.24, 2.45) is 4.99 Å². The lowest BCUT2D eigenvalue weighted by Crippen LogP contribution is -2.33. The van der Waals surface area contributed by atoms with E-state index in [9.17, 15) is 18.3 Å². The maximum Gasteiger partial charge on any atom is 0.435 e. The Kier molecular flexibility index (Phi) is 7.44. The first-order valence-electron chi connectivity index (χ1n) is 13.6. The number of hydrogen-bond acceptors (Lipinski definition) is 7. The van der Waals surface area contributed by atoms with Crippen molar-refractivity contribution in [3.63, 3.8) is 0 Å². The van der Waals surface area contributed by atoms with Gasteiger partial charge in [-0.15, -0.1) is 0 Å². The number of hydrogen-bond donors (Lipinski definition) is 1. The van der Waals surface area contributed by atoms with Gasteiger partial charge in [-0.3, -0.25) is 4.99 Å². The van der Waals surface area contributed by atoms with Gasteiger partial charge in [0.1, 0.15) is 5.82 Å². The molecule has 0 saturated heterocycles. The molecule has 0 atom stereocenters. The third-order valence-electron chi connectivity index (χ3n) is 7.18. The molecular formula is C32H25F4N7O2. The van der Waals surface area contributed by atoms with Gasteiger partial charge in [-0.1, -0.05) is 29.4 Å². The van der Waals surface area contributed by atoms with Crippen LogP contribution in [0.3, 0.4) is 0 Å². The van der Waals surface area contributed by atoms with Crippen LogP contribution < -0.4 is 20.3 Å². The lowest BCUT2D eigenvalue weighted by molar-refractivity contribution is -0.688. The zero-order valence-corrected chi connectivity index (χ0v) is 24.0. The number of fused-ring (bicyclic) bond motifs is 1.